The smallest absolute Gasteiger partial charge is 0.222 e. The van der Waals surface area contributed by atoms with Crippen molar-refractivity contribution >= 4 is 21.8 Å². The molecule has 1 unspecified atom stereocenters. The highest BCUT2D eigenvalue weighted by Crippen LogP contribution is 2.58. The summed E-state index contributed by atoms with van der Waals surface area (Å²) in [6.45, 7) is 6.66. The molecule has 2 nitrogen and oxygen atoms in total. The zero-order chi connectivity index (χ0) is 21.3. The monoisotopic (exact) mass is 483 g/mol. The molecule has 5 fully saturated rings. The number of hydrogen-bond donors (Lipinski definition) is 0. The molecule has 1 atom stereocenters. The minimum atomic E-state index is 0.268. The van der Waals surface area contributed by atoms with Crippen LogP contribution in [0.25, 0.3) is 0 Å². The summed E-state index contributed by atoms with van der Waals surface area (Å²) in [5, 5.41) is 0. The molecule has 4 bridgehead atoms. The first kappa shape index (κ1) is 20.8. The van der Waals surface area contributed by atoms with Crippen LogP contribution in [0.15, 0.2) is 22.7 Å². The molecule has 1 spiro atoms. The fraction of sp³-hybridized carbons (Fsp3) is 0.750. The number of hydrogen-bond acceptors (Lipinski definition) is 1. The molecule has 4 saturated carbocycles. The second kappa shape index (κ2) is 7.61. The zero-order valence-corrected chi connectivity index (χ0v) is 20.9. The van der Waals surface area contributed by atoms with E-state index in [4.69, 9.17) is 0 Å². The van der Waals surface area contributed by atoms with Crippen LogP contribution in [0.2, 0.25) is 0 Å². The lowest BCUT2D eigenvalue weighted by Crippen LogP contribution is -2.49. The molecule has 0 aromatic heterocycles. The number of carbonyl (C=O) groups is 1. The Morgan fingerprint density at radius 3 is 2.32 bits per heavy atom. The third-order valence-electron chi connectivity index (χ3n) is 10.3. The molecule has 6 aliphatic rings. The highest BCUT2D eigenvalue weighted by molar-refractivity contribution is 9.10. The second-order valence-electron chi connectivity index (χ2n) is 12.2. The van der Waals surface area contributed by atoms with E-state index in [1.54, 1.807) is 11.1 Å². The van der Waals surface area contributed by atoms with Crippen LogP contribution in [0, 0.1) is 35.5 Å². The Balaban J connectivity index is 1.15. The van der Waals surface area contributed by atoms with Crippen molar-refractivity contribution in [2.45, 2.75) is 83.0 Å². The number of carbonyl (C=O) groups excluding carboxylic acids is 1. The summed E-state index contributed by atoms with van der Waals surface area (Å²) < 4.78 is 1.29. The molecule has 1 aromatic carbocycles. The zero-order valence-electron chi connectivity index (χ0n) is 19.3. The van der Waals surface area contributed by atoms with E-state index in [-0.39, 0.29) is 5.41 Å². The third-order valence-corrected chi connectivity index (χ3v) is 11.0. The van der Waals surface area contributed by atoms with Crippen molar-refractivity contribution in [1.29, 1.82) is 0 Å². The fourth-order valence-corrected chi connectivity index (χ4v) is 9.78. The van der Waals surface area contributed by atoms with E-state index in [1.807, 2.05) is 0 Å². The fourth-order valence-electron chi connectivity index (χ4n) is 8.98. The molecule has 0 radical (unpaired) electrons. The lowest BCUT2D eigenvalue weighted by atomic mass is 9.51. The van der Waals surface area contributed by atoms with Gasteiger partial charge >= 0.3 is 0 Å². The molecular formula is C28H38BrNO. The summed E-state index contributed by atoms with van der Waals surface area (Å²) in [4.78, 5) is 15.6. The Kier molecular flexibility index (Phi) is 5.09. The Bertz CT molecular complexity index is 840. The van der Waals surface area contributed by atoms with Crippen LogP contribution in [0.3, 0.4) is 0 Å². The molecule has 3 heteroatoms. The van der Waals surface area contributed by atoms with Crippen molar-refractivity contribution in [3.8, 4) is 0 Å². The standard InChI is InChI=1S/C28H38BrNO/c1-17(2)24-16-28(27-22(24)4-3-5-25(27)29)6-8-30(9-7-28)26(31)15-23-20-11-18-10-19(13-20)14-21(23)12-18/h3-5,17-21,23-24H,6-16H2,1-2H3. The van der Waals surface area contributed by atoms with E-state index in [0.717, 1.165) is 56.0 Å². The molecule has 1 heterocycles. The first-order chi connectivity index (χ1) is 14.9. The average Bonchev–Trinajstić information content (AvgIpc) is 3.06. The topological polar surface area (TPSA) is 20.3 Å². The van der Waals surface area contributed by atoms with Gasteiger partial charge in [0, 0.05) is 29.4 Å². The van der Waals surface area contributed by atoms with Gasteiger partial charge < -0.3 is 4.90 Å². The molecule has 168 valence electrons. The molecular weight excluding hydrogens is 446 g/mol. The van der Waals surface area contributed by atoms with E-state index in [0.29, 0.717) is 23.7 Å². The summed E-state index contributed by atoms with van der Waals surface area (Å²) in [6, 6.07) is 6.80. The molecule has 0 N–H and O–H groups in total. The third kappa shape index (κ3) is 3.35. The summed E-state index contributed by atoms with van der Waals surface area (Å²) in [5.41, 5.74) is 3.41. The van der Waals surface area contributed by atoms with Gasteiger partial charge in [0.1, 0.15) is 0 Å². The maximum absolute atomic E-state index is 13.4. The van der Waals surface area contributed by atoms with Crippen molar-refractivity contribution in [2.24, 2.45) is 35.5 Å². The normalized spacial score (nSPS) is 37.6. The molecule has 7 rings (SSSR count). The van der Waals surface area contributed by atoms with Gasteiger partial charge in [0.15, 0.2) is 0 Å². The van der Waals surface area contributed by atoms with Crippen molar-refractivity contribution in [3.05, 3.63) is 33.8 Å². The van der Waals surface area contributed by atoms with Gasteiger partial charge in [-0.3, -0.25) is 4.79 Å². The van der Waals surface area contributed by atoms with Crippen LogP contribution >= 0.6 is 15.9 Å². The number of halogens is 1. The molecule has 1 aromatic rings. The highest BCUT2D eigenvalue weighted by atomic mass is 79.9. The average molecular weight is 485 g/mol. The van der Waals surface area contributed by atoms with Crippen LogP contribution in [0.5, 0.6) is 0 Å². The summed E-state index contributed by atoms with van der Waals surface area (Å²) in [7, 11) is 0. The highest BCUT2D eigenvalue weighted by Gasteiger charge is 2.50. The van der Waals surface area contributed by atoms with Crippen molar-refractivity contribution < 1.29 is 4.79 Å². The largest absolute Gasteiger partial charge is 0.343 e. The van der Waals surface area contributed by atoms with Gasteiger partial charge in [-0.05, 0) is 110 Å². The Morgan fingerprint density at radius 2 is 1.71 bits per heavy atom. The van der Waals surface area contributed by atoms with Gasteiger partial charge in [0.05, 0.1) is 0 Å². The summed E-state index contributed by atoms with van der Waals surface area (Å²) in [5.74, 6) is 6.21. The van der Waals surface area contributed by atoms with Crippen LogP contribution in [-0.2, 0) is 10.2 Å². The van der Waals surface area contributed by atoms with Crippen LogP contribution in [-0.4, -0.2) is 23.9 Å². The van der Waals surface area contributed by atoms with E-state index >= 15 is 0 Å². The Hall–Kier alpha value is -0.830. The predicted octanol–water partition coefficient (Wildman–Crippen LogP) is 6.92. The number of amides is 1. The predicted molar refractivity (Wildman–Crippen MR) is 129 cm³/mol. The van der Waals surface area contributed by atoms with Gasteiger partial charge in [-0.1, -0.05) is 41.9 Å². The van der Waals surface area contributed by atoms with Crippen molar-refractivity contribution in [2.75, 3.05) is 13.1 Å². The molecule has 1 amide bonds. The number of benzene rings is 1. The summed E-state index contributed by atoms with van der Waals surface area (Å²) in [6.07, 6.45) is 11.6. The molecule has 5 aliphatic carbocycles. The lowest BCUT2D eigenvalue weighted by molar-refractivity contribution is -0.138. The van der Waals surface area contributed by atoms with Gasteiger partial charge in [-0.15, -0.1) is 0 Å². The number of nitrogens with zero attached hydrogens (tertiary/aromatic N) is 1. The number of likely N-dealkylation sites (tertiary alicyclic amines) is 1. The van der Waals surface area contributed by atoms with Gasteiger partial charge in [-0.25, -0.2) is 0 Å². The van der Waals surface area contributed by atoms with Gasteiger partial charge in [-0.2, -0.15) is 0 Å². The van der Waals surface area contributed by atoms with Crippen LogP contribution in [0.1, 0.15) is 88.7 Å². The number of fused-ring (bicyclic) bond motifs is 2. The van der Waals surface area contributed by atoms with Gasteiger partial charge in [0.2, 0.25) is 5.91 Å². The maximum Gasteiger partial charge on any atom is 0.222 e. The van der Waals surface area contributed by atoms with Crippen LogP contribution in [0.4, 0.5) is 0 Å². The van der Waals surface area contributed by atoms with E-state index in [9.17, 15) is 4.79 Å². The van der Waals surface area contributed by atoms with Crippen LogP contribution < -0.4 is 0 Å². The Labute approximate surface area is 196 Å². The van der Waals surface area contributed by atoms with Gasteiger partial charge in [0.25, 0.3) is 0 Å². The summed E-state index contributed by atoms with van der Waals surface area (Å²) >= 11 is 3.90. The Morgan fingerprint density at radius 1 is 1.06 bits per heavy atom. The van der Waals surface area contributed by atoms with Crippen molar-refractivity contribution in [1.82, 2.24) is 4.90 Å². The maximum atomic E-state index is 13.4. The SMILES string of the molecule is CC(C)C1CC2(CCN(C(=O)CC3C4CC5CC(C4)CC3C5)CC2)c2c(Br)cccc21. The quantitative estimate of drug-likeness (QED) is 0.456. The second-order valence-corrected chi connectivity index (χ2v) is 13.1. The van der Waals surface area contributed by atoms with E-state index in [1.165, 1.54) is 43.0 Å². The molecule has 31 heavy (non-hydrogen) atoms. The van der Waals surface area contributed by atoms with E-state index in [2.05, 4.69) is 52.9 Å². The van der Waals surface area contributed by atoms with Crippen molar-refractivity contribution in [3.63, 3.8) is 0 Å². The lowest BCUT2D eigenvalue weighted by Gasteiger charge is -2.54. The molecule has 1 saturated heterocycles. The number of piperidine rings is 1. The first-order valence-corrected chi connectivity index (χ1v) is 13.8. The van der Waals surface area contributed by atoms with E-state index < -0.39 is 0 Å². The first-order valence-electron chi connectivity index (χ1n) is 13.0. The molecule has 1 aliphatic heterocycles. The number of rotatable bonds is 3. The minimum Gasteiger partial charge on any atom is -0.343 e. The minimum absolute atomic E-state index is 0.268.